The van der Waals surface area contributed by atoms with E-state index in [0.717, 1.165) is 14.9 Å². The monoisotopic (exact) mass is 582 g/mol. The van der Waals surface area contributed by atoms with Crippen molar-refractivity contribution in [2.24, 2.45) is 5.92 Å². The van der Waals surface area contributed by atoms with Crippen molar-refractivity contribution in [1.29, 1.82) is 0 Å². The van der Waals surface area contributed by atoms with Crippen LogP contribution in [0.1, 0.15) is 11.8 Å². The van der Waals surface area contributed by atoms with E-state index < -0.39 is 29.9 Å². The number of nitrogens with zero attached hydrogens (tertiary/aromatic N) is 2. The van der Waals surface area contributed by atoms with Gasteiger partial charge in [-0.1, -0.05) is 69.5 Å². The van der Waals surface area contributed by atoms with Crippen LogP contribution in [0.3, 0.4) is 0 Å². The molecule has 36 heavy (non-hydrogen) atoms. The molecule has 2 saturated heterocycles. The molecule has 0 saturated carbocycles. The number of anilines is 2. The van der Waals surface area contributed by atoms with Crippen molar-refractivity contribution in [2.75, 3.05) is 9.96 Å². The third kappa shape index (κ3) is 3.83. The molecule has 2 fully saturated rings. The van der Waals surface area contributed by atoms with E-state index in [1.807, 2.05) is 66.7 Å². The molecule has 3 aromatic carbocycles. The molecule has 9 heteroatoms. The second-order valence-electron chi connectivity index (χ2n) is 8.48. The number of carbonyl (C=O) groups excluding carboxylic acids is 2. The summed E-state index contributed by atoms with van der Waals surface area (Å²) in [4.78, 5) is 34.5. The molecule has 1 aromatic heterocycles. The molecule has 2 aliphatic rings. The highest BCUT2D eigenvalue weighted by Crippen LogP contribution is 2.48. The van der Waals surface area contributed by atoms with Crippen molar-refractivity contribution >= 4 is 62.3 Å². The van der Waals surface area contributed by atoms with E-state index >= 15 is 0 Å². The summed E-state index contributed by atoms with van der Waals surface area (Å²) in [6.07, 6.45) is -1.02. The molecule has 0 bridgehead atoms. The quantitative estimate of drug-likeness (QED) is 0.240. The van der Waals surface area contributed by atoms with Crippen LogP contribution in [0.4, 0.5) is 11.4 Å². The summed E-state index contributed by atoms with van der Waals surface area (Å²) < 4.78 is 7.21. The number of hydroxylamine groups is 1. The van der Waals surface area contributed by atoms with Crippen molar-refractivity contribution in [3.05, 3.63) is 105 Å². The van der Waals surface area contributed by atoms with Crippen molar-refractivity contribution in [1.82, 2.24) is 0 Å². The van der Waals surface area contributed by atoms with Crippen molar-refractivity contribution < 1.29 is 18.8 Å². The zero-order valence-electron chi connectivity index (χ0n) is 18.5. The SMILES string of the molecule is O=C1[C@H]2[C@@H](ON(c3ccccc3)[C@H]2c2ccc(-c3ccc(Br)cc3)o2)C(=O)N1c1ccc(Cl)c(Cl)c1. The summed E-state index contributed by atoms with van der Waals surface area (Å²) in [5.41, 5.74) is 1.94. The second-order valence-corrected chi connectivity index (χ2v) is 10.2. The van der Waals surface area contributed by atoms with Gasteiger partial charge in [0.1, 0.15) is 23.5 Å². The van der Waals surface area contributed by atoms with Gasteiger partial charge in [0.25, 0.3) is 5.91 Å². The van der Waals surface area contributed by atoms with Crippen LogP contribution in [-0.4, -0.2) is 17.9 Å². The van der Waals surface area contributed by atoms with Crippen LogP contribution >= 0.6 is 39.1 Å². The molecule has 0 aliphatic carbocycles. The molecule has 2 amide bonds. The fourth-order valence-corrected chi connectivity index (χ4v) is 5.22. The Hall–Kier alpha value is -3.10. The number of para-hydroxylation sites is 1. The van der Waals surface area contributed by atoms with E-state index in [4.69, 9.17) is 32.5 Å². The molecule has 0 unspecified atom stereocenters. The molecule has 3 heterocycles. The zero-order valence-corrected chi connectivity index (χ0v) is 21.6. The molecular formula is C27H17BrCl2N2O4. The van der Waals surface area contributed by atoms with Gasteiger partial charge in [-0.2, -0.15) is 0 Å². The van der Waals surface area contributed by atoms with Crippen molar-refractivity contribution in [2.45, 2.75) is 12.1 Å². The van der Waals surface area contributed by atoms with E-state index in [9.17, 15) is 9.59 Å². The first-order chi connectivity index (χ1) is 17.4. The summed E-state index contributed by atoms with van der Waals surface area (Å²) in [7, 11) is 0. The molecule has 180 valence electrons. The van der Waals surface area contributed by atoms with Crippen LogP contribution in [0, 0.1) is 5.92 Å². The minimum Gasteiger partial charge on any atom is -0.459 e. The molecule has 3 atom stereocenters. The third-order valence-corrected chi connectivity index (χ3v) is 7.60. The van der Waals surface area contributed by atoms with Crippen LogP contribution in [0.15, 0.2) is 93.8 Å². The highest BCUT2D eigenvalue weighted by molar-refractivity contribution is 9.10. The fraction of sp³-hybridized carbons (Fsp3) is 0.111. The van der Waals surface area contributed by atoms with E-state index in [0.29, 0.717) is 27.9 Å². The fourth-order valence-electron chi connectivity index (χ4n) is 4.66. The van der Waals surface area contributed by atoms with Gasteiger partial charge in [-0.3, -0.25) is 14.4 Å². The Morgan fingerprint density at radius 1 is 0.778 bits per heavy atom. The Balaban J connectivity index is 1.41. The van der Waals surface area contributed by atoms with Gasteiger partial charge in [0.15, 0.2) is 6.10 Å². The Morgan fingerprint density at radius 2 is 1.53 bits per heavy atom. The topological polar surface area (TPSA) is 63.0 Å². The lowest BCUT2D eigenvalue weighted by atomic mass is 9.94. The highest BCUT2D eigenvalue weighted by atomic mass is 79.9. The van der Waals surface area contributed by atoms with E-state index in [-0.39, 0.29) is 5.02 Å². The molecule has 0 N–H and O–H groups in total. The average molecular weight is 584 g/mol. The molecular weight excluding hydrogens is 567 g/mol. The lowest BCUT2D eigenvalue weighted by Crippen LogP contribution is -2.37. The average Bonchev–Trinajstić information content (AvgIpc) is 3.57. The molecule has 2 aliphatic heterocycles. The third-order valence-electron chi connectivity index (χ3n) is 6.33. The Bertz CT molecular complexity index is 1470. The predicted octanol–water partition coefficient (Wildman–Crippen LogP) is 7.07. The lowest BCUT2D eigenvalue weighted by Gasteiger charge is -2.27. The number of halogens is 3. The first kappa shape index (κ1) is 23.3. The number of carbonyl (C=O) groups is 2. The molecule has 6 nitrogen and oxygen atoms in total. The Morgan fingerprint density at radius 3 is 2.25 bits per heavy atom. The summed E-state index contributed by atoms with van der Waals surface area (Å²) in [6, 6.07) is 24.7. The number of hydrogen-bond donors (Lipinski definition) is 0. The number of furan rings is 1. The van der Waals surface area contributed by atoms with Gasteiger partial charge in [-0.25, -0.2) is 9.96 Å². The number of imide groups is 1. The Labute approximate surface area is 225 Å². The minimum absolute atomic E-state index is 0.250. The molecule has 6 rings (SSSR count). The number of hydrogen-bond acceptors (Lipinski definition) is 5. The normalized spacial score (nSPS) is 21.4. The smallest absolute Gasteiger partial charge is 0.266 e. The number of rotatable bonds is 4. The van der Waals surface area contributed by atoms with Crippen molar-refractivity contribution in [3.63, 3.8) is 0 Å². The highest BCUT2D eigenvalue weighted by Gasteiger charge is 2.61. The van der Waals surface area contributed by atoms with Gasteiger partial charge in [0.05, 0.1) is 21.4 Å². The van der Waals surface area contributed by atoms with E-state index in [2.05, 4.69) is 15.9 Å². The molecule has 4 aromatic rings. The van der Waals surface area contributed by atoms with E-state index in [1.54, 1.807) is 17.2 Å². The van der Waals surface area contributed by atoms with Gasteiger partial charge in [0, 0.05) is 10.0 Å². The first-order valence-electron chi connectivity index (χ1n) is 11.1. The Kier molecular flexibility index (Phi) is 5.88. The van der Waals surface area contributed by atoms with Gasteiger partial charge < -0.3 is 4.42 Å². The standard InChI is InChI=1S/C27H17BrCl2N2O4/c28-16-8-6-15(7-9-16)21-12-13-22(35-21)24-23-25(36-32(24)17-4-2-1-3-5-17)27(34)31(26(23)33)18-10-11-19(29)20(30)14-18/h1-14,23-25H/t23-,24+,25-/m1/s1. The van der Waals surface area contributed by atoms with Crippen LogP contribution in [0.25, 0.3) is 11.3 Å². The zero-order chi connectivity index (χ0) is 25.0. The summed E-state index contributed by atoms with van der Waals surface area (Å²) in [5.74, 6) is -0.524. The lowest BCUT2D eigenvalue weighted by molar-refractivity contribution is -0.126. The van der Waals surface area contributed by atoms with Crippen LogP contribution in [-0.2, 0) is 14.4 Å². The summed E-state index contributed by atoms with van der Waals surface area (Å²) in [5, 5.41) is 2.18. The van der Waals surface area contributed by atoms with Gasteiger partial charge >= 0.3 is 0 Å². The van der Waals surface area contributed by atoms with Crippen molar-refractivity contribution in [3.8, 4) is 11.3 Å². The van der Waals surface area contributed by atoms with Crippen LogP contribution in [0.2, 0.25) is 10.0 Å². The number of amides is 2. The maximum Gasteiger partial charge on any atom is 0.266 e. The van der Waals surface area contributed by atoms with Gasteiger partial charge in [-0.05, 0) is 54.6 Å². The predicted molar refractivity (Wildman–Crippen MR) is 141 cm³/mol. The number of benzene rings is 3. The second kappa shape index (κ2) is 9.09. The minimum atomic E-state index is -1.02. The summed E-state index contributed by atoms with van der Waals surface area (Å²) in [6.45, 7) is 0. The first-order valence-corrected chi connectivity index (χ1v) is 12.7. The molecule has 0 spiro atoms. The van der Waals surface area contributed by atoms with Gasteiger partial charge in [0.2, 0.25) is 5.91 Å². The van der Waals surface area contributed by atoms with E-state index in [1.165, 1.54) is 6.07 Å². The molecule has 0 radical (unpaired) electrons. The number of fused-ring (bicyclic) bond motifs is 1. The van der Waals surface area contributed by atoms with Crippen LogP contribution in [0.5, 0.6) is 0 Å². The van der Waals surface area contributed by atoms with Crippen LogP contribution < -0.4 is 9.96 Å². The maximum absolute atomic E-state index is 13.7. The van der Waals surface area contributed by atoms with Gasteiger partial charge in [-0.15, -0.1) is 0 Å². The largest absolute Gasteiger partial charge is 0.459 e. The maximum atomic E-state index is 13.7. The summed E-state index contributed by atoms with van der Waals surface area (Å²) >= 11 is 15.7.